The van der Waals surface area contributed by atoms with Crippen molar-refractivity contribution in [1.82, 2.24) is 40.5 Å². The summed E-state index contributed by atoms with van der Waals surface area (Å²) < 4.78 is 9.50. The fraction of sp³-hybridized carbons (Fsp3) is 0.425. The van der Waals surface area contributed by atoms with Gasteiger partial charge in [-0.1, -0.05) is 76.2 Å². The maximum atomic E-state index is 13.8. The number of nitrogens with one attached hydrogen (secondary N) is 4. The average molecular weight is 784 g/mol. The third-order valence-corrected chi connectivity index (χ3v) is 11.3. The van der Waals surface area contributed by atoms with Crippen LogP contribution in [0.25, 0.3) is 33.6 Å². The number of carbonyl (C=O) groups is 4. The highest BCUT2D eigenvalue weighted by Gasteiger charge is 2.41. The Morgan fingerprint density at radius 3 is 1.66 bits per heavy atom. The molecular weight excluding hydrogens is 735 g/mol. The Morgan fingerprint density at radius 1 is 0.732 bits per heavy atom. The minimum absolute atomic E-state index is 0.124. The van der Waals surface area contributed by atoms with E-state index in [4.69, 9.17) is 14.5 Å². The molecule has 2 aliphatic heterocycles. The molecule has 1 fully saturated rings. The summed E-state index contributed by atoms with van der Waals surface area (Å²) in [5.41, 5.74) is 5.61. The molecule has 4 aromatic rings. The van der Waals surface area contributed by atoms with Gasteiger partial charge in [-0.2, -0.15) is 16.9 Å². The number of ether oxygens (including phenoxy) is 2. The molecule has 296 valence electrons. The van der Waals surface area contributed by atoms with Crippen molar-refractivity contribution in [1.29, 1.82) is 0 Å². The smallest absolute Gasteiger partial charge is 0.407 e. The first-order valence-corrected chi connectivity index (χ1v) is 19.9. The normalized spacial score (nSPS) is 19.0. The fourth-order valence-corrected chi connectivity index (χ4v) is 7.72. The third-order valence-electron chi connectivity index (χ3n) is 10.3. The predicted octanol–water partition coefficient (Wildman–Crippen LogP) is 6.16. The van der Waals surface area contributed by atoms with Crippen LogP contribution in [0.5, 0.6) is 0 Å². The zero-order chi connectivity index (χ0) is 40.1. The first-order chi connectivity index (χ1) is 26.9. The molecule has 5 atom stereocenters. The van der Waals surface area contributed by atoms with Gasteiger partial charge in [-0.25, -0.2) is 24.6 Å². The van der Waals surface area contributed by atoms with E-state index in [9.17, 15) is 19.2 Å². The number of likely N-dealkylation sites (tertiary alicyclic amines) is 1. The molecule has 2 aliphatic rings. The molecule has 56 heavy (non-hydrogen) atoms. The molecule has 16 heteroatoms. The number of nitrogens with zero attached hydrogens (tertiary/aromatic N) is 5. The van der Waals surface area contributed by atoms with Gasteiger partial charge in [-0.3, -0.25) is 9.59 Å². The summed E-state index contributed by atoms with van der Waals surface area (Å²) >= 11 is 1.72. The van der Waals surface area contributed by atoms with Gasteiger partial charge in [0.15, 0.2) is 0 Å². The molecule has 2 aromatic heterocycles. The summed E-state index contributed by atoms with van der Waals surface area (Å²) in [4.78, 5) is 69.1. The van der Waals surface area contributed by atoms with Gasteiger partial charge in [0.05, 0.1) is 44.0 Å². The number of amides is 4. The van der Waals surface area contributed by atoms with Crippen LogP contribution in [0.2, 0.25) is 0 Å². The quantitative estimate of drug-likeness (QED) is 0.131. The van der Waals surface area contributed by atoms with E-state index >= 15 is 0 Å². The molecule has 0 aliphatic carbocycles. The maximum absolute atomic E-state index is 13.8. The molecule has 4 heterocycles. The number of hydrazone groups is 1. The number of thioether (sulfide) groups is 1. The van der Waals surface area contributed by atoms with Crippen LogP contribution in [0.4, 0.5) is 9.59 Å². The van der Waals surface area contributed by atoms with Gasteiger partial charge >= 0.3 is 12.2 Å². The van der Waals surface area contributed by atoms with Crippen LogP contribution in [0.3, 0.4) is 0 Å². The van der Waals surface area contributed by atoms with E-state index in [0.29, 0.717) is 24.6 Å². The second-order valence-electron chi connectivity index (χ2n) is 14.6. The topological polar surface area (TPSA) is 187 Å². The molecule has 2 aromatic carbocycles. The summed E-state index contributed by atoms with van der Waals surface area (Å²) in [5, 5.41) is 11.3. The summed E-state index contributed by atoms with van der Waals surface area (Å²) in [6, 6.07) is 14.1. The Labute approximate surface area is 330 Å². The van der Waals surface area contributed by atoms with Crippen LogP contribution in [0.15, 0.2) is 66.0 Å². The Balaban J connectivity index is 1.12. The lowest BCUT2D eigenvalue weighted by Crippen LogP contribution is -2.51. The SMILES string of the molecule is COC(=O)NC(C(=O)N1CC(SC)CC1c1ncc(-c2ccc(-c3ccc(-c4cnc(C5CC=NN5C(=O)C(NC(=O)OC)C(C)C)[nH]4)cc3)cc2)[nH]1)C(C)C. The first-order valence-electron chi connectivity index (χ1n) is 18.6. The summed E-state index contributed by atoms with van der Waals surface area (Å²) in [7, 11) is 2.55. The number of rotatable bonds is 12. The number of hydrogen-bond donors (Lipinski definition) is 4. The Bertz CT molecular complexity index is 2040. The summed E-state index contributed by atoms with van der Waals surface area (Å²) in [6.45, 7) is 8.06. The molecule has 6 rings (SSSR count). The molecule has 15 nitrogen and oxygen atoms in total. The highest BCUT2D eigenvalue weighted by molar-refractivity contribution is 7.99. The van der Waals surface area contributed by atoms with Crippen LogP contribution in [-0.2, 0) is 19.1 Å². The summed E-state index contributed by atoms with van der Waals surface area (Å²) in [5.74, 6) is 0.512. The maximum Gasteiger partial charge on any atom is 0.407 e. The molecule has 4 N–H and O–H groups in total. The number of carbonyl (C=O) groups excluding carboxylic acids is 4. The van der Waals surface area contributed by atoms with Crippen molar-refractivity contribution < 1.29 is 28.7 Å². The molecule has 0 spiro atoms. The number of aromatic nitrogens is 4. The number of imidazole rings is 2. The van der Waals surface area contributed by atoms with Gasteiger partial charge < -0.3 is 35.0 Å². The number of alkyl carbamates (subject to hydrolysis) is 2. The van der Waals surface area contributed by atoms with Crippen molar-refractivity contribution in [2.75, 3.05) is 27.0 Å². The van der Waals surface area contributed by atoms with Crippen LogP contribution in [0, 0.1) is 11.8 Å². The number of hydrogen-bond acceptors (Lipinski definition) is 10. The van der Waals surface area contributed by atoms with E-state index in [1.807, 2.05) is 75.2 Å². The van der Waals surface area contributed by atoms with Gasteiger partial charge in [-0.05, 0) is 46.8 Å². The number of H-pyrrole nitrogens is 2. The minimum atomic E-state index is -0.803. The van der Waals surface area contributed by atoms with Crippen molar-refractivity contribution in [3.63, 3.8) is 0 Å². The lowest BCUT2D eigenvalue weighted by molar-refractivity contribution is -0.136. The zero-order valence-corrected chi connectivity index (χ0v) is 33.4. The van der Waals surface area contributed by atoms with Gasteiger partial charge in [-0.15, -0.1) is 0 Å². The average Bonchev–Trinajstić information content (AvgIpc) is 4.04. The second kappa shape index (κ2) is 17.4. The monoisotopic (exact) mass is 783 g/mol. The summed E-state index contributed by atoms with van der Waals surface area (Å²) in [6.07, 6.45) is 7.19. The number of methoxy groups -OCH3 is 2. The van der Waals surface area contributed by atoms with Crippen molar-refractivity contribution in [3.8, 4) is 33.6 Å². The van der Waals surface area contributed by atoms with Crippen LogP contribution >= 0.6 is 11.8 Å². The predicted molar refractivity (Wildman–Crippen MR) is 214 cm³/mol. The van der Waals surface area contributed by atoms with E-state index in [1.54, 1.807) is 30.4 Å². The number of benzene rings is 2. The minimum Gasteiger partial charge on any atom is -0.453 e. The fourth-order valence-electron chi connectivity index (χ4n) is 7.03. The van der Waals surface area contributed by atoms with Gasteiger partial charge in [0.2, 0.25) is 5.91 Å². The molecule has 1 saturated heterocycles. The largest absolute Gasteiger partial charge is 0.453 e. The highest BCUT2D eigenvalue weighted by Crippen LogP contribution is 2.37. The third kappa shape index (κ3) is 8.59. The van der Waals surface area contributed by atoms with Crippen molar-refractivity contribution >= 4 is 42.0 Å². The van der Waals surface area contributed by atoms with Crippen molar-refractivity contribution in [2.45, 2.75) is 70.0 Å². The zero-order valence-electron chi connectivity index (χ0n) is 32.6. The van der Waals surface area contributed by atoms with Crippen LogP contribution in [-0.4, -0.2) is 104 Å². The van der Waals surface area contributed by atoms with E-state index in [2.05, 4.69) is 42.8 Å². The number of aromatic amines is 2. The lowest BCUT2D eigenvalue weighted by Gasteiger charge is -2.30. The molecular formula is C40H49N9O6S. The molecule has 0 radical (unpaired) electrons. The molecule has 0 bridgehead atoms. The van der Waals surface area contributed by atoms with E-state index in [0.717, 1.165) is 40.1 Å². The Kier molecular flexibility index (Phi) is 12.5. The molecule has 0 saturated carbocycles. The van der Waals surface area contributed by atoms with Crippen LogP contribution in [0.1, 0.15) is 64.3 Å². The van der Waals surface area contributed by atoms with E-state index in [1.165, 1.54) is 19.2 Å². The van der Waals surface area contributed by atoms with Gasteiger partial charge in [0.1, 0.15) is 29.8 Å². The van der Waals surface area contributed by atoms with E-state index in [-0.39, 0.29) is 34.9 Å². The lowest BCUT2D eigenvalue weighted by atomic mass is 10.0. The Morgan fingerprint density at radius 2 is 1.20 bits per heavy atom. The molecule has 5 unspecified atom stereocenters. The second-order valence-corrected chi connectivity index (χ2v) is 15.7. The highest BCUT2D eigenvalue weighted by atomic mass is 32.2. The molecule has 4 amide bonds. The van der Waals surface area contributed by atoms with Crippen molar-refractivity contribution in [3.05, 3.63) is 72.6 Å². The van der Waals surface area contributed by atoms with Gasteiger partial charge in [0, 0.05) is 24.4 Å². The van der Waals surface area contributed by atoms with E-state index < -0.39 is 30.3 Å². The van der Waals surface area contributed by atoms with Crippen molar-refractivity contribution in [2.24, 2.45) is 16.9 Å². The Hall–Kier alpha value is -5.64. The van der Waals surface area contributed by atoms with Gasteiger partial charge in [0.25, 0.3) is 5.91 Å². The standard InChI is InChI=1S/C40H49N9O6S/c1-22(2)33(46-39(52)54-5)37(50)48-21-28(56-7)18-32(48)36-42-20-30(45-36)27-14-10-25(11-15-27)24-8-12-26(13-9-24)29-19-41-35(44-29)31-16-17-43-49(31)38(51)34(23(3)4)47-40(53)55-6/h8-15,17,19-20,22-23,28,31-34H,16,18,21H2,1-7H3,(H,41,44)(H,42,45)(H,46,52)(H,47,53). The van der Waals surface area contributed by atoms with Crippen LogP contribution < -0.4 is 10.6 Å². The first kappa shape index (κ1) is 40.0.